The normalized spacial score (nSPS) is 18.7. The summed E-state index contributed by atoms with van der Waals surface area (Å²) < 4.78 is 2.18. The zero-order valence-corrected chi connectivity index (χ0v) is 11.3. The Bertz CT molecular complexity index is 373. The van der Waals surface area contributed by atoms with E-state index in [-0.39, 0.29) is 5.54 Å². The maximum atomic E-state index is 6.15. The summed E-state index contributed by atoms with van der Waals surface area (Å²) >= 11 is 0. The molecule has 0 saturated heterocycles. The minimum atomic E-state index is -0.325. The van der Waals surface area contributed by atoms with Crippen molar-refractivity contribution in [1.82, 2.24) is 14.5 Å². The molecule has 1 aromatic heterocycles. The molecule has 1 saturated carbocycles. The number of rotatable bonds is 5. The molecule has 1 heterocycles. The average Bonchev–Trinajstić information content (AvgIpc) is 2.96. The van der Waals surface area contributed by atoms with E-state index in [4.69, 9.17) is 5.73 Å². The smallest absolute Gasteiger partial charge is 0.0949 e. The van der Waals surface area contributed by atoms with Gasteiger partial charge in [0.2, 0.25) is 0 Å². The predicted octanol–water partition coefficient (Wildman–Crippen LogP) is 1.56. The molecule has 1 aromatic rings. The van der Waals surface area contributed by atoms with Gasteiger partial charge in [-0.15, -0.1) is 0 Å². The van der Waals surface area contributed by atoms with Gasteiger partial charge in [-0.1, -0.05) is 0 Å². The Hall–Kier alpha value is -0.870. The van der Waals surface area contributed by atoms with E-state index in [1.165, 1.54) is 12.8 Å². The van der Waals surface area contributed by atoms with Gasteiger partial charge < -0.3 is 10.3 Å². The molecule has 0 aromatic carbocycles. The second-order valence-electron chi connectivity index (χ2n) is 5.90. The molecule has 1 aliphatic carbocycles. The number of hydrogen-bond acceptors (Lipinski definition) is 3. The number of likely N-dealkylation sites (N-methyl/N-ethyl adjacent to an activating group) is 1. The van der Waals surface area contributed by atoms with Crippen LogP contribution >= 0.6 is 0 Å². The largest absolute Gasteiger partial charge is 0.331 e. The molecule has 1 atom stereocenters. The second kappa shape index (κ2) is 4.42. The Morgan fingerprint density at radius 3 is 2.76 bits per heavy atom. The topological polar surface area (TPSA) is 47.1 Å². The van der Waals surface area contributed by atoms with Crippen LogP contribution in [-0.2, 0) is 12.1 Å². The van der Waals surface area contributed by atoms with Crippen LogP contribution in [0.25, 0.3) is 0 Å². The van der Waals surface area contributed by atoms with E-state index in [0.29, 0.717) is 6.04 Å². The van der Waals surface area contributed by atoms with E-state index in [2.05, 4.69) is 28.4 Å². The first-order chi connectivity index (χ1) is 7.89. The fraction of sp³-hybridized carbons (Fsp3) is 0.769. The molecular formula is C13H24N4. The zero-order valence-electron chi connectivity index (χ0n) is 11.3. The predicted molar refractivity (Wildman–Crippen MR) is 69.7 cm³/mol. The first-order valence-electron chi connectivity index (χ1n) is 6.41. The van der Waals surface area contributed by atoms with Crippen molar-refractivity contribution in [2.24, 2.45) is 5.73 Å². The number of hydrogen-bond donors (Lipinski definition) is 1. The van der Waals surface area contributed by atoms with Crippen LogP contribution in [0.3, 0.4) is 0 Å². The number of nitrogens with zero attached hydrogens (tertiary/aromatic N) is 3. The first kappa shape index (κ1) is 12.6. The molecular weight excluding hydrogens is 212 g/mol. The van der Waals surface area contributed by atoms with Crippen LogP contribution in [0.15, 0.2) is 12.5 Å². The highest BCUT2D eigenvalue weighted by Gasteiger charge is 2.29. The van der Waals surface area contributed by atoms with E-state index in [9.17, 15) is 0 Å². The average molecular weight is 236 g/mol. The molecule has 0 amide bonds. The Morgan fingerprint density at radius 1 is 1.59 bits per heavy atom. The standard InChI is InChI=1S/C13H24N4/c1-10(16(4)11-5-6-11)8-17-9-15-7-12(17)13(2,3)14/h7,9-11H,5-6,8,14H2,1-4H3. The van der Waals surface area contributed by atoms with E-state index < -0.39 is 0 Å². The summed E-state index contributed by atoms with van der Waals surface area (Å²) in [5.74, 6) is 0. The van der Waals surface area contributed by atoms with Crippen LogP contribution in [0.1, 0.15) is 39.3 Å². The maximum Gasteiger partial charge on any atom is 0.0949 e. The Labute approximate surface area is 104 Å². The SMILES string of the molecule is CC(Cn1cncc1C(C)(C)N)N(C)C1CC1. The molecule has 96 valence electrons. The van der Waals surface area contributed by atoms with E-state index in [0.717, 1.165) is 18.3 Å². The van der Waals surface area contributed by atoms with Gasteiger partial charge in [-0.3, -0.25) is 4.90 Å². The van der Waals surface area contributed by atoms with Crippen LogP contribution in [0.2, 0.25) is 0 Å². The summed E-state index contributed by atoms with van der Waals surface area (Å²) in [5, 5.41) is 0. The van der Waals surface area contributed by atoms with Crippen molar-refractivity contribution in [3.8, 4) is 0 Å². The molecule has 4 nitrogen and oxygen atoms in total. The molecule has 1 aliphatic rings. The van der Waals surface area contributed by atoms with E-state index in [1.54, 1.807) is 0 Å². The number of imidazole rings is 1. The lowest BCUT2D eigenvalue weighted by Gasteiger charge is -2.27. The summed E-state index contributed by atoms with van der Waals surface area (Å²) in [5.41, 5.74) is 6.93. The molecule has 0 bridgehead atoms. The summed E-state index contributed by atoms with van der Waals surface area (Å²) in [4.78, 5) is 6.69. The third kappa shape index (κ3) is 2.87. The minimum Gasteiger partial charge on any atom is -0.331 e. The van der Waals surface area contributed by atoms with Crippen molar-refractivity contribution in [2.45, 2.75) is 57.8 Å². The molecule has 0 radical (unpaired) electrons. The van der Waals surface area contributed by atoms with E-state index >= 15 is 0 Å². The van der Waals surface area contributed by atoms with Crippen LogP contribution in [0, 0.1) is 0 Å². The molecule has 0 aliphatic heterocycles. The van der Waals surface area contributed by atoms with Crippen LogP contribution in [0.5, 0.6) is 0 Å². The van der Waals surface area contributed by atoms with Crippen molar-refractivity contribution in [3.63, 3.8) is 0 Å². The Balaban J connectivity index is 2.05. The van der Waals surface area contributed by atoms with Crippen LogP contribution in [0.4, 0.5) is 0 Å². The second-order valence-corrected chi connectivity index (χ2v) is 5.90. The zero-order chi connectivity index (χ0) is 12.6. The maximum absolute atomic E-state index is 6.15. The molecule has 1 unspecified atom stereocenters. The van der Waals surface area contributed by atoms with Gasteiger partial charge >= 0.3 is 0 Å². The first-order valence-corrected chi connectivity index (χ1v) is 6.41. The van der Waals surface area contributed by atoms with Gasteiger partial charge in [0.1, 0.15) is 0 Å². The van der Waals surface area contributed by atoms with E-state index in [1.807, 2.05) is 26.4 Å². The Kier molecular flexibility index (Phi) is 3.27. The van der Waals surface area contributed by atoms with Gasteiger partial charge in [-0.05, 0) is 40.7 Å². The van der Waals surface area contributed by atoms with Crippen LogP contribution in [-0.4, -0.2) is 33.6 Å². The Morgan fingerprint density at radius 2 is 2.24 bits per heavy atom. The van der Waals surface area contributed by atoms with Crippen molar-refractivity contribution in [3.05, 3.63) is 18.2 Å². The van der Waals surface area contributed by atoms with Crippen molar-refractivity contribution in [1.29, 1.82) is 0 Å². The summed E-state index contributed by atoms with van der Waals surface area (Å²) in [6, 6.07) is 1.32. The van der Waals surface area contributed by atoms with Gasteiger partial charge in [-0.25, -0.2) is 4.98 Å². The van der Waals surface area contributed by atoms with Crippen LogP contribution < -0.4 is 5.73 Å². The van der Waals surface area contributed by atoms with Crippen molar-refractivity contribution >= 4 is 0 Å². The fourth-order valence-electron chi connectivity index (χ4n) is 2.26. The highest BCUT2D eigenvalue weighted by Crippen LogP contribution is 2.27. The molecule has 17 heavy (non-hydrogen) atoms. The lowest BCUT2D eigenvalue weighted by Crippen LogP contribution is -2.37. The summed E-state index contributed by atoms with van der Waals surface area (Å²) in [6.07, 6.45) is 6.46. The van der Waals surface area contributed by atoms with Crippen molar-refractivity contribution in [2.75, 3.05) is 7.05 Å². The van der Waals surface area contributed by atoms with Gasteiger partial charge in [-0.2, -0.15) is 0 Å². The molecule has 2 N–H and O–H groups in total. The third-order valence-corrected chi connectivity index (χ3v) is 3.65. The minimum absolute atomic E-state index is 0.325. The third-order valence-electron chi connectivity index (χ3n) is 3.65. The van der Waals surface area contributed by atoms with Crippen molar-refractivity contribution < 1.29 is 0 Å². The summed E-state index contributed by atoms with van der Waals surface area (Å²) in [6.45, 7) is 7.28. The summed E-state index contributed by atoms with van der Waals surface area (Å²) in [7, 11) is 2.21. The monoisotopic (exact) mass is 236 g/mol. The highest BCUT2D eigenvalue weighted by molar-refractivity contribution is 5.10. The van der Waals surface area contributed by atoms with Gasteiger partial charge in [0.25, 0.3) is 0 Å². The quantitative estimate of drug-likeness (QED) is 0.844. The number of nitrogens with two attached hydrogens (primary N) is 1. The molecule has 2 rings (SSSR count). The lowest BCUT2D eigenvalue weighted by atomic mass is 10.0. The molecule has 1 fully saturated rings. The fourth-order valence-corrected chi connectivity index (χ4v) is 2.26. The van der Waals surface area contributed by atoms with Gasteiger partial charge in [0, 0.05) is 24.8 Å². The van der Waals surface area contributed by atoms with Gasteiger partial charge in [0.05, 0.1) is 17.6 Å². The lowest BCUT2D eigenvalue weighted by molar-refractivity contribution is 0.222. The van der Waals surface area contributed by atoms with Gasteiger partial charge in [0.15, 0.2) is 0 Å². The molecule has 4 heteroatoms. The number of aromatic nitrogens is 2. The molecule has 0 spiro atoms. The highest BCUT2D eigenvalue weighted by atomic mass is 15.2.